The standard InChI is InChI=1S/C13H19F2N3O/c1-18-4-5-19-10(8-18)7-17-12-3-2-9(16)6-11(12)13(14)15/h2-3,6,10,13,17H,4-5,7-8,16H2,1H3. The van der Waals surface area contributed by atoms with Gasteiger partial charge in [0.05, 0.1) is 12.7 Å². The summed E-state index contributed by atoms with van der Waals surface area (Å²) in [5.74, 6) is 0. The van der Waals surface area contributed by atoms with Gasteiger partial charge in [-0.15, -0.1) is 0 Å². The van der Waals surface area contributed by atoms with Crippen molar-refractivity contribution < 1.29 is 13.5 Å². The lowest BCUT2D eigenvalue weighted by molar-refractivity contribution is -0.0117. The van der Waals surface area contributed by atoms with Crippen LogP contribution in [-0.2, 0) is 4.74 Å². The normalized spacial score (nSPS) is 20.7. The highest BCUT2D eigenvalue weighted by atomic mass is 19.3. The predicted octanol–water partition coefficient (Wildman–Crippen LogP) is 1.95. The van der Waals surface area contributed by atoms with Crippen LogP contribution in [0.15, 0.2) is 18.2 Å². The van der Waals surface area contributed by atoms with Crippen LogP contribution in [0.3, 0.4) is 0 Å². The van der Waals surface area contributed by atoms with Crippen LogP contribution in [0.1, 0.15) is 12.0 Å². The first-order chi connectivity index (χ1) is 9.06. The van der Waals surface area contributed by atoms with Gasteiger partial charge in [0, 0.05) is 36.6 Å². The lowest BCUT2D eigenvalue weighted by atomic mass is 10.1. The predicted molar refractivity (Wildman–Crippen MR) is 71.5 cm³/mol. The molecule has 1 aromatic carbocycles. The van der Waals surface area contributed by atoms with E-state index >= 15 is 0 Å². The lowest BCUT2D eigenvalue weighted by Crippen LogP contribution is -2.43. The Morgan fingerprint density at radius 3 is 3.00 bits per heavy atom. The first kappa shape index (κ1) is 14.0. The fraction of sp³-hybridized carbons (Fsp3) is 0.538. The quantitative estimate of drug-likeness (QED) is 0.822. The van der Waals surface area contributed by atoms with Crippen LogP contribution in [-0.4, -0.2) is 44.3 Å². The van der Waals surface area contributed by atoms with Gasteiger partial charge in [-0.3, -0.25) is 0 Å². The molecule has 6 heteroatoms. The minimum Gasteiger partial charge on any atom is -0.399 e. The number of hydrogen-bond donors (Lipinski definition) is 2. The monoisotopic (exact) mass is 271 g/mol. The largest absolute Gasteiger partial charge is 0.399 e. The van der Waals surface area contributed by atoms with Crippen LogP contribution in [0, 0.1) is 0 Å². The number of benzene rings is 1. The Kier molecular flexibility index (Phi) is 4.55. The first-order valence-electron chi connectivity index (χ1n) is 6.28. The second-order valence-electron chi connectivity index (χ2n) is 4.78. The Hall–Kier alpha value is -1.40. The number of morpholine rings is 1. The van der Waals surface area contributed by atoms with Crippen molar-refractivity contribution in [3.8, 4) is 0 Å². The average molecular weight is 271 g/mol. The topological polar surface area (TPSA) is 50.5 Å². The van der Waals surface area contributed by atoms with Crippen molar-refractivity contribution in [2.45, 2.75) is 12.5 Å². The zero-order valence-corrected chi connectivity index (χ0v) is 10.9. The van der Waals surface area contributed by atoms with Gasteiger partial charge in [0.25, 0.3) is 6.43 Å². The number of anilines is 2. The van der Waals surface area contributed by atoms with Gasteiger partial charge >= 0.3 is 0 Å². The van der Waals surface area contributed by atoms with Crippen molar-refractivity contribution in [2.75, 3.05) is 44.3 Å². The lowest BCUT2D eigenvalue weighted by Gasteiger charge is -2.30. The van der Waals surface area contributed by atoms with Gasteiger partial charge in [0.2, 0.25) is 0 Å². The summed E-state index contributed by atoms with van der Waals surface area (Å²) in [6.45, 7) is 2.88. The van der Waals surface area contributed by atoms with Crippen LogP contribution in [0.2, 0.25) is 0 Å². The Labute approximate surface area is 111 Å². The van der Waals surface area contributed by atoms with Gasteiger partial charge in [-0.05, 0) is 25.2 Å². The molecule has 1 fully saturated rings. The van der Waals surface area contributed by atoms with Crippen molar-refractivity contribution in [3.63, 3.8) is 0 Å². The zero-order valence-electron chi connectivity index (χ0n) is 10.9. The third kappa shape index (κ3) is 3.78. The van der Waals surface area contributed by atoms with E-state index in [2.05, 4.69) is 10.2 Å². The molecule has 4 nitrogen and oxygen atoms in total. The third-order valence-electron chi connectivity index (χ3n) is 3.17. The molecule has 1 aromatic rings. The number of ether oxygens (including phenoxy) is 1. The highest BCUT2D eigenvalue weighted by Crippen LogP contribution is 2.29. The first-order valence-corrected chi connectivity index (χ1v) is 6.28. The van der Waals surface area contributed by atoms with Crippen LogP contribution in [0.4, 0.5) is 20.2 Å². The maximum Gasteiger partial charge on any atom is 0.265 e. The third-order valence-corrected chi connectivity index (χ3v) is 3.17. The molecule has 0 bridgehead atoms. The summed E-state index contributed by atoms with van der Waals surface area (Å²) in [4.78, 5) is 2.16. The molecule has 0 spiro atoms. The molecule has 0 amide bonds. The van der Waals surface area contributed by atoms with E-state index in [4.69, 9.17) is 10.5 Å². The van der Waals surface area contributed by atoms with Gasteiger partial charge in [-0.2, -0.15) is 0 Å². The summed E-state index contributed by atoms with van der Waals surface area (Å²) in [6.07, 6.45) is -2.53. The molecule has 3 N–H and O–H groups in total. The number of nitrogens with one attached hydrogen (secondary N) is 1. The molecule has 1 aliphatic heterocycles. The molecule has 0 aliphatic carbocycles. The Morgan fingerprint density at radius 2 is 2.32 bits per heavy atom. The van der Waals surface area contributed by atoms with E-state index in [0.29, 0.717) is 24.5 Å². The number of alkyl halides is 2. The van der Waals surface area contributed by atoms with E-state index in [1.54, 1.807) is 12.1 Å². The van der Waals surface area contributed by atoms with E-state index < -0.39 is 6.43 Å². The number of halogens is 2. The maximum absolute atomic E-state index is 12.9. The molecule has 2 rings (SSSR count). The molecule has 1 unspecified atom stereocenters. The molecule has 1 heterocycles. The van der Waals surface area contributed by atoms with E-state index in [-0.39, 0.29) is 11.7 Å². The second-order valence-corrected chi connectivity index (χ2v) is 4.78. The SMILES string of the molecule is CN1CCOC(CNc2ccc(N)cc2C(F)F)C1. The minimum atomic E-state index is -2.54. The Bertz CT molecular complexity index is 428. The Morgan fingerprint density at radius 1 is 1.53 bits per heavy atom. The summed E-state index contributed by atoms with van der Waals surface area (Å²) in [6, 6.07) is 4.51. The summed E-state index contributed by atoms with van der Waals surface area (Å²) >= 11 is 0. The smallest absolute Gasteiger partial charge is 0.265 e. The highest BCUT2D eigenvalue weighted by Gasteiger charge is 2.19. The van der Waals surface area contributed by atoms with E-state index in [1.807, 2.05) is 7.05 Å². The van der Waals surface area contributed by atoms with Gasteiger partial charge < -0.3 is 20.7 Å². The average Bonchev–Trinajstić information content (AvgIpc) is 2.37. The molecule has 0 radical (unpaired) electrons. The fourth-order valence-electron chi connectivity index (χ4n) is 2.14. The number of rotatable bonds is 4. The summed E-state index contributed by atoms with van der Waals surface area (Å²) in [7, 11) is 2.02. The number of nitrogens with zero attached hydrogens (tertiary/aromatic N) is 1. The van der Waals surface area contributed by atoms with Crippen molar-refractivity contribution in [3.05, 3.63) is 23.8 Å². The molecule has 1 aliphatic rings. The molecule has 19 heavy (non-hydrogen) atoms. The molecule has 0 aromatic heterocycles. The van der Waals surface area contributed by atoms with Crippen LogP contribution in [0.25, 0.3) is 0 Å². The highest BCUT2D eigenvalue weighted by molar-refractivity contribution is 5.58. The summed E-state index contributed by atoms with van der Waals surface area (Å²) in [5, 5.41) is 3.02. The van der Waals surface area contributed by atoms with E-state index in [9.17, 15) is 8.78 Å². The van der Waals surface area contributed by atoms with E-state index in [0.717, 1.165) is 13.1 Å². The second kappa shape index (κ2) is 6.16. The fourth-order valence-corrected chi connectivity index (χ4v) is 2.14. The van der Waals surface area contributed by atoms with Crippen molar-refractivity contribution >= 4 is 11.4 Å². The molecule has 106 valence electrons. The summed E-state index contributed by atoms with van der Waals surface area (Å²) in [5.41, 5.74) is 6.22. The Balaban J connectivity index is 1.99. The van der Waals surface area contributed by atoms with Gasteiger partial charge in [0.1, 0.15) is 0 Å². The van der Waals surface area contributed by atoms with Gasteiger partial charge in [-0.1, -0.05) is 0 Å². The molecular formula is C13H19F2N3O. The van der Waals surface area contributed by atoms with Crippen molar-refractivity contribution in [1.82, 2.24) is 4.90 Å². The number of nitrogens with two attached hydrogens (primary N) is 1. The number of hydrogen-bond acceptors (Lipinski definition) is 4. The summed E-state index contributed by atoms with van der Waals surface area (Å²) < 4.78 is 31.4. The minimum absolute atomic E-state index is 0.0156. The van der Waals surface area contributed by atoms with Crippen molar-refractivity contribution in [2.24, 2.45) is 0 Å². The molecule has 1 atom stereocenters. The van der Waals surface area contributed by atoms with Gasteiger partial charge in [0.15, 0.2) is 0 Å². The van der Waals surface area contributed by atoms with Crippen LogP contribution in [0.5, 0.6) is 0 Å². The zero-order chi connectivity index (χ0) is 13.8. The molecule has 0 saturated carbocycles. The van der Waals surface area contributed by atoms with E-state index in [1.165, 1.54) is 6.07 Å². The molecular weight excluding hydrogens is 252 g/mol. The number of likely N-dealkylation sites (N-methyl/N-ethyl adjacent to an activating group) is 1. The number of nitrogen functional groups attached to an aromatic ring is 1. The molecule has 1 saturated heterocycles. The maximum atomic E-state index is 12.9. The van der Waals surface area contributed by atoms with Crippen LogP contribution >= 0.6 is 0 Å². The van der Waals surface area contributed by atoms with Gasteiger partial charge in [-0.25, -0.2) is 8.78 Å². The van der Waals surface area contributed by atoms with Crippen molar-refractivity contribution in [1.29, 1.82) is 0 Å². The van der Waals surface area contributed by atoms with Crippen LogP contribution < -0.4 is 11.1 Å².